The van der Waals surface area contributed by atoms with Crippen molar-refractivity contribution in [3.8, 4) is 5.75 Å². The SMILES string of the molecule is O=C(CN1CCN(CCCOc2ccccc2)CC1)Nc1ccccc1Cl. The third-order valence-electron chi connectivity index (χ3n) is 4.61. The highest BCUT2D eigenvalue weighted by Gasteiger charge is 2.19. The van der Waals surface area contributed by atoms with Crippen LogP contribution in [0.3, 0.4) is 0 Å². The molecule has 2 aromatic rings. The largest absolute Gasteiger partial charge is 0.494 e. The van der Waals surface area contributed by atoms with E-state index >= 15 is 0 Å². The van der Waals surface area contributed by atoms with Crippen LogP contribution in [0, 0.1) is 0 Å². The third-order valence-corrected chi connectivity index (χ3v) is 4.94. The Hall–Kier alpha value is -2.08. The molecule has 6 heteroatoms. The van der Waals surface area contributed by atoms with Crippen LogP contribution in [0.5, 0.6) is 5.75 Å². The maximum atomic E-state index is 12.2. The highest BCUT2D eigenvalue weighted by molar-refractivity contribution is 6.33. The van der Waals surface area contributed by atoms with Gasteiger partial charge >= 0.3 is 0 Å². The fourth-order valence-corrected chi connectivity index (χ4v) is 3.30. The first-order valence-corrected chi connectivity index (χ1v) is 9.75. The summed E-state index contributed by atoms with van der Waals surface area (Å²) in [7, 11) is 0. The van der Waals surface area contributed by atoms with E-state index in [-0.39, 0.29) is 5.91 Å². The van der Waals surface area contributed by atoms with Crippen LogP contribution in [-0.2, 0) is 4.79 Å². The van der Waals surface area contributed by atoms with Gasteiger partial charge in [0.25, 0.3) is 0 Å². The molecular weight excluding hydrogens is 362 g/mol. The summed E-state index contributed by atoms with van der Waals surface area (Å²) in [5.74, 6) is 0.902. The lowest BCUT2D eigenvalue weighted by molar-refractivity contribution is -0.117. The first-order valence-electron chi connectivity index (χ1n) is 9.37. The Morgan fingerprint density at radius 1 is 0.963 bits per heavy atom. The van der Waals surface area contributed by atoms with Crippen molar-refractivity contribution in [1.82, 2.24) is 9.80 Å². The summed E-state index contributed by atoms with van der Waals surface area (Å²) in [5.41, 5.74) is 0.668. The van der Waals surface area contributed by atoms with E-state index in [1.54, 1.807) is 6.07 Å². The van der Waals surface area contributed by atoms with E-state index in [1.165, 1.54) is 0 Å². The van der Waals surface area contributed by atoms with E-state index in [2.05, 4.69) is 15.1 Å². The van der Waals surface area contributed by atoms with Gasteiger partial charge in [-0.25, -0.2) is 0 Å². The summed E-state index contributed by atoms with van der Waals surface area (Å²) in [6, 6.07) is 17.2. The minimum absolute atomic E-state index is 0.0205. The number of amides is 1. The third kappa shape index (κ3) is 6.54. The Kier molecular flexibility index (Phi) is 7.51. The lowest BCUT2D eigenvalue weighted by atomic mass is 10.2. The maximum Gasteiger partial charge on any atom is 0.238 e. The van der Waals surface area contributed by atoms with Crippen LogP contribution in [0.4, 0.5) is 5.69 Å². The van der Waals surface area contributed by atoms with Crippen molar-refractivity contribution >= 4 is 23.2 Å². The number of hydrogen-bond acceptors (Lipinski definition) is 4. The number of hydrogen-bond donors (Lipinski definition) is 1. The highest BCUT2D eigenvalue weighted by atomic mass is 35.5. The second kappa shape index (κ2) is 10.3. The van der Waals surface area contributed by atoms with E-state index in [0.29, 0.717) is 17.3 Å². The molecule has 1 fully saturated rings. The average Bonchev–Trinajstić information content (AvgIpc) is 2.69. The number of para-hydroxylation sites is 2. The number of carbonyl (C=O) groups excluding carboxylic acids is 1. The van der Waals surface area contributed by atoms with Crippen LogP contribution in [-0.4, -0.2) is 61.6 Å². The molecule has 1 aliphatic heterocycles. The van der Waals surface area contributed by atoms with Gasteiger partial charge in [-0.3, -0.25) is 9.69 Å². The van der Waals surface area contributed by atoms with Crippen LogP contribution in [0.1, 0.15) is 6.42 Å². The van der Waals surface area contributed by atoms with Gasteiger partial charge in [-0.2, -0.15) is 0 Å². The van der Waals surface area contributed by atoms with Gasteiger partial charge in [-0.15, -0.1) is 0 Å². The molecule has 3 rings (SSSR count). The number of ether oxygens (including phenoxy) is 1. The molecule has 0 radical (unpaired) electrons. The quantitative estimate of drug-likeness (QED) is 0.705. The Labute approximate surface area is 165 Å². The number of nitrogens with zero attached hydrogens (tertiary/aromatic N) is 2. The predicted molar refractivity (Wildman–Crippen MR) is 110 cm³/mol. The van der Waals surface area contributed by atoms with Crippen LogP contribution >= 0.6 is 11.6 Å². The molecule has 0 unspecified atom stereocenters. The molecular formula is C21H26ClN3O2. The fourth-order valence-electron chi connectivity index (χ4n) is 3.12. The second-order valence-corrected chi connectivity index (χ2v) is 7.07. The monoisotopic (exact) mass is 387 g/mol. The zero-order chi connectivity index (χ0) is 18.9. The lowest BCUT2D eigenvalue weighted by Crippen LogP contribution is -2.48. The fraction of sp³-hybridized carbons (Fsp3) is 0.381. The molecule has 144 valence electrons. The number of anilines is 1. The van der Waals surface area contributed by atoms with Gasteiger partial charge in [0.1, 0.15) is 5.75 Å². The van der Waals surface area contributed by atoms with Crippen LogP contribution < -0.4 is 10.1 Å². The van der Waals surface area contributed by atoms with Gasteiger partial charge in [0.2, 0.25) is 5.91 Å². The summed E-state index contributed by atoms with van der Waals surface area (Å²) < 4.78 is 5.74. The van der Waals surface area contributed by atoms with Crippen LogP contribution in [0.2, 0.25) is 5.02 Å². The first-order chi connectivity index (χ1) is 13.2. The second-order valence-electron chi connectivity index (χ2n) is 6.66. The molecule has 2 aromatic carbocycles. The van der Waals surface area contributed by atoms with Crippen molar-refractivity contribution in [2.75, 3.05) is 51.2 Å². The molecule has 1 saturated heterocycles. The molecule has 1 aliphatic rings. The maximum absolute atomic E-state index is 12.2. The van der Waals surface area contributed by atoms with Crippen LogP contribution in [0.25, 0.3) is 0 Å². The van der Waals surface area contributed by atoms with E-state index in [4.69, 9.17) is 16.3 Å². The standard InChI is InChI=1S/C21H26ClN3O2/c22-19-9-4-5-10-20(19)23-21(26)17-25-14-12-24(13-15-25)11-6-16-27-18-7-2-1-3-8-18/h1-5,7-10H,6,11-17H2,(H,23,26). The predicted octanol–water partition coefficient (Wildman–Crippen LogP) is 3.37. The number of piperazine rings is 1. The van der Waals surface area contributed by atoms with E-state index in [0.717, 1.165) is 51.5 Å². The molecule has 0 spiro atoms. The molecule has 0 aromatic heterocycles. The molecule has 1 N–H and O–H groups in total. The minimum atomic E-state index is -0.0205. The van der Waals surface area contributed by atoms with Gasteiger partial charge in [0.05, 0.1) is 23.9 Å². The Bertz CT molecular complexity index is 718. The molecule has 1 amide bonds. The molecule has 1 heterocycles. The molecule has 0 aliphatic carbocycles. The number of rotatable bonds is 8. The molecule has 27 heavy (non-hydrogen) atoms. The molecule has 5 nitrogen and oxygen atoms in total. The normalized spacial score (nSPS) is 15.4. The van der Waals surface area contributed by atoms with Crippen molar-refractivity contribution in [3.05, 3.63) is 59.6 Å². The van der Waals surface area contributed by atoms with Crippen LogP contribution in [0.15, 0.2) is 54.6 Å². The van der Waals surface area contributed by atoms with Crippen molar-refractivity contribution < 1.29 is 9.53 Å². The van der Waals surface area contributed by atoms with E-state index < -0.39 is 0 Å². The summed E-state index contributed by atoms with van der Waals surface area (Å²) in [6.45, 7) is 5.90. The van der Waals surface area contributed by atoms with Crippen molar-refractivity contribution in [2.45, 2.75) is 6.42 Å². The number of benzene rings is 2. The van der Waals surface area contributed by atoms with E-state index in [1.807, 2.05) is 48.5 Å². The minimum Gasteiger partial charge on any atom is -0.494 e. The van der Waals surface area contributed by atoms with Crippen molar-refractivity contribution in [3.63, 3.8) is 0 Å². The first kappa shape index (κ1) is 19.7. The van der Waals surface area contributed by atoms with Gasteiger partial charge in [0.15, 0.2) is 0 Å². The number of carbonyl (C=O) groups is 1. The molecule has 0 saturated carbocycles. The van der Waals surface area contributed by atoms with Gasteiger partial charge in [0, 0.05) is 32.7 Å². The van der Waals surface area contributed by atoms with Crippen molar-refractivity contribution in [1.29, 1.82) is 0 Å². The van der Waals surface area contributed by atoms with Gasteiger partial charge in [-0.1, -0.05) is 41.9 Å². The lowest BCUT2D eigenvalue weighted by Gasteiger charge is -2.34. The van der Waals surface area contributed by atoms with Gasteiger partial charge < -0.3 is 15.0 Å². The van der Waals surface area contributed by atoms with E-state index in [9.17, 15) is 4.79 Å². The van der Waals surface area contributed by atoms with Gasteiger partial charge in [-0.05, 0) is 30.7 Å². The molecule has 0 atom stereocenters. The topological polar surface area (TPSA) is 44.8 Å². The zero-order valence-electron chi connectivity index (χ0n) is 15.4. The average molecular weight is 388 g/mol. The zero-order valence-corrected chi connectivity index (χ0v) is 16.2. The summed E-state index contributed by atoms with van der Waals surface area (Å²) in [6.07, 6.45) is 1.00. The Morgan fingerprint density at radius 2 is 1.63 bits per heavy atom. The smallest absolute Gasteiger partial charge is 0.238 e. The summed E-state index contributed by atoms with van der Waals surface area (Å²) in [5, 5.41) is 3.45. The summed E-state index contributed by atoms with van der Waals surface area (Å²) >= 11 is 6.08. The molecule has 0 bridgehead atoms. The Morgan fingerprint density at radius 3 is 2.37 bits per heavy atom. The van der Waals surface area contributed by atoms with Crippen molar-refractivity contribution in [2.24, 2.45) is 0 Å². The number of halogens is 1. The highest BCUT2D eigenvalue weighted by Crippen LogP contribution is 2.20. The number of nitrogens with one attached hydrogen (secondary N) is 1. The Balaban J connectivity index is 1.30. The summed E-state index contributed by atoms with van der Waals surface area (Å²) in [4.78, 5) is 16.8.